The van der Waals surface area contributed by atoms with Gasteiger partial charge in [-0.3, -0.25) is 4.79 Å². The van der Waals surface area contributed by atoms with Crippen molar-refractivity contribution in [3.63, 3.8) is 0 Å². The van der Waals surface area contributed by atoms with Gasteiger partial charge >= 0.3 is 0 Å². The molecule has 0 aliphatic carbocycles. The highest BCUT2D eigenvalue weighted by molar-refractivity contribution is 9.10. The van der Waals surface area contributed by atoms with Crippen LogP contribution in [0, 0.1) is 0 Å². The van der Waals surface area contributed by atoms with Gasteiger partial charge in [0.1, 0.15) is 5.75 Å². The number of carbonyl (C=O) groups is 1. The van der Waals surface area contributed by atoms with Crippen LogP contribution >= 0.6 is 15.9 Å². The van der Waals surface area contributed by atoms with Gasteiger partial charge in [0.05, 0.1) is 4.47 Å². The van der Waals surface area contributed by atoms with E-state index in [1.165, 1.54) is 4.90 Å². The minimum atomic E-state index is -0.534. The molecule has 0 aromatic heterocycles. The van der Waals surface area contributed by atoms with Crippen LogP contribution < -0.4 is 10.5 Å². The number of hydrogen-bond acceptors (Lipinski definition) is 3. The van der Waals surface area contributed by atoms with E-state index in [9.17, 15) is 4.79 Å². The monoisotopic (exact) mass is 286 g/mol. The van der Waals surface area contributed by atoms with Gasteiger partial charge in [-0.05, 0) is 35.0 Å². The van der Waals surface area contributed by atoms with Crippen LogP contribution in [0.1, 0.15) is 6.92 Å². The van der Waals surface area contributed by atoms with Gasteiger partial charge in [0.25, 0.3) is 5.91 Å². The smallest absolute Gasteiger partial charge is 0.262 e. The molecule has 1 atom stereocenters. The predicted octanol–water partition coefficient (Wildman–Crippen LogP) is 1.89. The number of nitrogens with two attached hydrogens (primary N) is 1. The Balaban J connectivity index is 2.80. The van der Waals surface area contributed by atoms with Crippen LogP contribution in [0.2, 0.25) is 0 Å². The van der Waals surface area contributed by atoms with E-state index in [-0.39, 0.29) is 5.91 Å². The lowest BCUT2D eigenvalue weighted by Gasteiger charge is -2.19. The zero-order valence-corrected chi connectivity index (χ0v) is 11.1. The third-order valence-electron chi connectivity index (χ3n) is 2.05. The largest absolute Gasteiger partial charge is 0.480 e. The molecule has 0 saturated carbocycles. The van der Waals surface area contributed by atoms with E-state index in [0.717, 1.165) is 4.47 Å². The van der Waals surface area contributed by atoms with Crippen LogP contribution in [-0.2, 0) is 4.79 Å². The number of benzene rings is 1. The van der Waals surface area contributed by atoms with Crippen LogP contribution in [0.25, 0.3) is 0 Å². The van der Waals surface area contributed by atoms with Crippen LogP contribution in [0.4, 0.5) is 5.69 Å². The maximum Gasteiger partial charge on any atom is 0.262 e. The predicted molar refractivity (Wildman–Crippen MR) is 67.3 cm³/mol. The Labute approximate surface area is 103 Å². The van der Waals surface area contributed by atoms with E-state index >= 15 is 0 Å². The molecule has 1 aromatic carbocycles. The summed E-state index contributed by atoms with van der Waals surface area (Å²) < 4.78 is 6.31. The number of anilines is 1. The van der Waals surface area contributed by atoms with E-state index in [1.807, 2.05) is 0 Å². The first-order chi connectivity index (χ1) is 7.41. The van der Waals surface area contributed by atoms with E-state index in [4.69, 9.17) is 10.5 Å². The first-order valence-electron chi connectivity index (χ1n) is 4.84. The average molecular weight is 287 g/mol. The third-order valence-corrected chi connectivity index (χ3v) is 2.70. The molecule has 1 amide bonds. The summed E-state index contributed by atoms with van der Waals surface area (Å²) in [6.45, 7) is 1.71. The van der Waals surface area contributed by atoms with Crippen molar-refractivity contribution in [1.29, 1.82) is 0 Å². The second-order valence-electron chi connectivity index (χ2n) is 3.68. The Morgan fingerprint density at radius 1 is 1.50 bits per heavy atom. The molecule has 0 spiro atoms. The number of likely N-dealkylation sites (N-methyl/N-ethyl adjacent to an activating group) is 1. The van der Waals surface area contributed by atoms with E-state index < -0.39 is 6.10 Å². The molecule has 0 fully saturated rings. The maximum absolute atomic E-state index is 11.6. The topological polar surface area (TPSA) is 55.6 Å². The Morgan fingerprint density at radius 2 is 2.12 bits per heavy atom. The van der Waals surface area contributed by atoms with Gasteiger partial charge in [0.2, 0.25) is 0 Å². The summed E-state index contributed by atoms with van der Waals surface area (Å²) in [7, 11) is 3.38. The number of halogens is 1. The van der Waals surface area contributed by atoms with Crippen molar-refractivity contribution in [1.82, 2.24) is 4.90 Å². The highest BCUT2D eigenvalue weighted by Gasteiger charge is 2.17. The van der Waals surface area contributed by atoms with Crippen molar-refractivity contribution in [3.05, 3.63) is 22.7 Å². The standard InChI is InChI=1S/C11H15BrN2O2/c1-7(11(15)14(2)3)16-10-6-8(13)4-5-9(10)12/h4-7H,13H2,1-3H3. The van der Waals surface area contributed by atoms with Gasteiger partial charge in [-0.1, -0.05) is 0 Å². The van der Waals surface area contributed by atoms with Gasteiger partial charge in [0.15, 0.2) is 6.10 Å². The highest BCUT2D eigenvalue weighted by atomic mass is 79.9. The SMILES string of the molecule is CC(Oc1cc(N)ccc1Br)C(=O)N(C)C. The summed E-state index contributed by atoms with van der Waals surface area (Å²) >= 11 is 3.34. The molecule has 0 bridgehead atoms. The molecule has 0 saturated heterocycles. The zero-order chi connectivity index (χ0) is 12.3. The lowest BCUT2D eigenvalue weighted by molar-refractivity contribution is -0.135. The molecule has 0 aliphatic heterocycles. The molecule has 1 rings (SSSR count). The molecule has 0 aliphatic rings. The van der Waals surface area contributed by atoms with Crippen LogP contribution in [0.15, 0.2) is 22.7 Å². The van der Waals surface area contributed by atoms with Crippen molar-refractivity contribution < 1.29 is 9.53 Å². The van der Waals surface area contributed by atoms with Crippen LogP contribution in [0.5, 0.6) is 5.75 Å². The quantitative estimate of drug-likeness (QED) is 0.864. The average Bonchev–Trinajstić information content (AvgIpc) is 2.22. The van der Waals surface area contributed by atoms with E-state index in [0.29, 0.717) is 11.4 Å². The Kier molecular flexibility index (Phi) is 4.18. The number of hydrogen-bond donors (Lipinski definition) is 1. The van der Waals surface area contributed by atoms with Gasteiger partial charge in [0, 0.05) is 25.8 Å². The summed E-state index contributed by atoms with van der Waals surface area (Å²) in [5.74, 6) is 0.483. The van der Waals surface area contributed by atoms with Crippen LogP contribution in [-0.4, -0.2) is 31.0 Å². The number of nitrogens with zero attached hydrogens (tertiary/aromatic N) is 1. The second-order valence-corrected chi connectivity index (χ2v) is 4.54. The first-order valence-corrected chi connectivity index (χ1v) is 5.64. The molecule has 16 heavy (non-hydrogen) atoms. The molecule has 0 heterocycles. The van der Waals surface area contributed by atoms with Crippen molar-refractivity contribution in [2.75, 3.05) is 19.8 Å². The number of nitrogen functional groups attached to an aromatic ring is 1. The molecular weight excluding hydrogens is 272 g/mol. The second kappa shape index (κ2) is 5.21. The summed E-state index contributed by atoms with van der Waals surface area (Å²) in [5.41, 5.74) is 6.24. The molecule has 0 radical (unpaired) electrons. The lowest BCUT2D eigenvalue weighted by atomic mass is 10.3. The fourth-order valence-electron chi connectivity index (χ4n) is 1.21. The fraction of sp³-hybridized carbons (Fsp3) is 0.364. The summed E-state index contributed by atoms with van der Waals surface area (Å²) in [6.07, 6.45) is -0.534. The first kappa shape index (κ1) is 12.8. The minimum absolute atomic E-state index is 0.0886. The number of rotatable bonds is 3. The molecule has 88 valence electrons. The summed E-state index contributed by atoms with van der Waals surface area (Å²) in [6, 6.07) is 5.23. The number of ether oxygens (including phenoxy) is 1. The molecule has 5 heteroatoms. The van der Waals surface area contributed by atoms with Crippen molar-refractivity contribution in [2.45, 2.75) is 13.0 Å². The highest BCUT2D eigenvalue weighted by Crippen LogP contribution is 2.28. The third kappa shape index (κ3) is 3.13. The molecule has 1 unspecified atom stereocenters. The van der Waals surface area contributed by atoms with Crippen molar-refractivity contribution in [3.8, 4) is 5.75 Å². The Hall–Kier alpha value is -1.23. The molecule has 1 aromatic rings. The van der Waals surface area contributed by atoms with Crippen LogP contribution in [0.3, 0.4) is 0 Å². The maximum atomic E-state index is 11.6. The number of carbonyl (C=O) groups excluding carboxylic acids is 1. The lowest BCUT2D eigenvalue weighted by Crippen LogP contribution is -2.35. The van der Waals surface area contributed by atoms with Gasteiger partial charge in [-0.2, -0.15) is 0 Å². The van der Waals surface area contributed by atoms with Gasteiger partial charge in [-0.25, -0.2) is 0 Å². The molecule has 2 N–H and O–H groups in total. The Morgan fingerprint density at radius 3 is 2.69 bits per heavy atom. The van der Waals surface area contributed by atoms with Crippen molar-refractivity contribution in [2.24, 2.45) is 0 Å². The molecule has 4 nitrogen and oxygen atoms in total. The number of amides is 1. The normalized spacial score (nSPS) is 12.0. The summed E-state index contributed by atoms with van der Waals surface area (Å²) in [4.78, 5) is 13.1. The summed E-state index contributed by atoms with van der Waals surface area (Å²) in [5, 5.41) is 0. The van der Waals surface area contributed by atoms with Gasteiger partial charge in [-0.15, -0.1) is 0 Å². The van der Waals surface area contributed by atoms with E-state index in [2.05, 4.69) is 15.9 Å². The zero-order valence-electron chi connectivity index (χ0n) is 9.53. The fourth-order valence-corrected chi connectivity index (χ4v) is 1.55. The van der Waals surface area contributed by atoms with Gasteiger partial charge < -0.3 is 15.4 Å². The minimum Gasteiger partial charge on any atom is -0.480 e. The van der Waals surface area contributed by atoms with Crippen molar-refractivity contribution >= 4 is 27.5 Å². The van der Waals surface area contributed by atoms with E-state index in [1.54, 1.807) is 39.2 Å². The molecular formula is C11H15BrN2O2. The Bertz CT molecular complexity index is 394.